The van der Waals surface area contributed by atoms with Crippen molar-refractivity contribution in [2.75, 3.05) is 11.9 Å². The molecule has 25 heavy (non-hydrogen) atoms. The number of carbonyl (C=O) groups excluding carboxylic acids is 1. The van der Waals surface area contributed by atoms with Gasteiger partial charge >= 0.3 is 0 Å². The van der Waals surface area contributed by atoms with E-state index in [1.807, 2.05) is 30.5 Å². The van der Waals surface area contributed by atoms with Gasteiger partial charge in [0.05, 0.1) is 18.4 Å². The van der Waals surface area contributed by atoms with E-state index < -0.39 is 0 Å². The molecule has 0 radical (unpaired) electrons. The molecule has 2 aromatic carbocycles. The summed E-state index contributed by atoms with van der Waals surface area (Å²) in [6.07, 6.45) is 3.46. The summed E-state index contributed by atoms with van der Waals surface area (Å²) < 4.78 is 1.53. The lowest BCUT2D eigenvalue weighted by Crippen LogP contribution is -2.26. The van der Waals surface area contributed by atoms with Crippen molar-refractivity contribution in [1.82, 2.24) is 10.4 Å². The first-order chi connectivity index (χ1) is 12.0. The number of nitrogens with one attached hydrogen (secondary N) is 3. The second-order valence-corrected chi connectivity index (χ2v) is 7.33. The molecule has 0 saturated carbocycles. The molecule has 1 amide bonds. The van der Waals surface area contributed by atoms with Gasteiger partial charge in [0.1, 0.15) is 0 Å². The summed E-state index contributed by atoms with van der Waals surface area (Å²) in [5.74, 6) is -0.259. The van der Waals surface area contributed by atoms with Crippen molar-refractivity contribution in [2.45, 2.75) is 0 Å². The minimum absolute atomic E-state index is 0.0735. The molecule has 0 aliphatic heterocycles. The number of aromatic amines is 1. The average Bonchev–Trinajstić information content (AvgIpc) is 2.97. The predicted molar refractivity (Wildman–Crippen MR) is 109 cm³/mol. The van der Waals surface area contributed by atoms with E-state index in [1.165, 1.54) is 0 Å². The van der Waals surface area contributed by atoms with Crippen LogP contribution in [0.15, 0.2) is 56.6 Å². The van der Waals surface area contributed by atoms with Crippen LogP contribution in [0, 0.1) is 0 Å². The van der Waals surface area contributed by atoms with Crippen LogP contribution in [0.25, 0.3) is 10.9 Å². The number of halogens is 3. The lowest BCUT2D eigenvalue weighted by Gasteiger charge is -2.10. The van der Waals surface area contributed by atoms with E-state index in [1.54, 1.807) is 18.3 Å². The standard InChI is InChI=1S/C17H13Br2ClN4O/c18-13-5-11(20)6-14(19)17(13)22-9-16(25)24-23-8-10-7-21-15-4-2-1-3-12(10)15/h1-8,21-22H,9H2,(H,24,25)/b23-8-. The molecule has 0 bridgehead atoms. The zero-order chi connectivity index (χ0) is 17.8. The maximum absolute atomic E-state index is 11.9. The number of H-pyrrole nitrogens is 1. The van der Waals surface area contributed by atoms with Gasteiger partial charge in [0.15, 0.2) is 0 Å². The van der Waals surface area contributed by atoms with E-state index in [9.17, 15) is 4.79 Å². The minimum atomic E-state index is -0.259. The molecule has 0 aliphatic rings. The van der Waals surface area contributed by atoms with Crippen molar-refractivity contribution in [2.24, 2.45) is 5.10 Å². The van der Waals surface area contributed by atoms with Gasteiger partial charge in [0.2, 0.25) is 0 Å². The zero-order valence-electron chi connectivity index (χ0n) is 12.8. The molecular weight excluding hydrogens is 471 g/mol. The second-order valence-electron chi connectivity index (χ2n) is 5.18. The van der Waals surface area contributed by atoms with Gasteiger partial charge in [-0.05, 0) is 50.1 Å². The third-order valence-corrected chi connectivity index (χ3v) is 4.92. The Bertz CT molecular complexity index is 932. The summed E-state index contributed by atoms with van der Waals surface area (Å²) in [7, 11) is 0. The number of para-hydroxylation sites is 1. The second kappa shape index (κ2) is 8.03. The summed E-state index contributed by atoms with van der Waals surface area (Å²) in [6, 6.07) is 11.4. The Morgan fingerprint density at radius 3 is 2.72 bits per heavy atom. The number of nitrogens with zero attached hydrogens (tertiary/aromatic N) is 1. The van der Waals surface area contributed by atoms with Crippen LogP contribution in [0.4, 0.5) is 5.69 Å². The Balaban J connectivity index is 1.58. The Morgan fingerprint density at radius 1 is 1.24 bits per heavy atom. The number of hydrogen-bond acceptors (Lipinski definition) is 3. The van der Waals surface area contributed by atoms with Gasteiger partial charge in [-0.1, -0.05) is 29.8 Å². The van der Waals surface area contributed by atoms with E-state index in [0.717, 1.165) is 31.1 Å². The molecule has 1 aromatic heterocycles. The normalized spacial score (nSPS) is 11.2. The summed E-state index contributed by atoms with van der Waals surface area (Å²) in [4.78, 5) is 15.1. The summed E-state index contributed by atoms with van der Waals surface area (Å²) in [5.41, 5.74) is 5.19. The average molecular weight is 485 g/mol. The molecule has 1 heterocycles. The SMILES string of the molecule is O=C(CNc1c(Br)cc(Cl)cc1Br)N/N=C\c1c[nH]c2ccccc12. The van der Waals surface area contributed by atoms with E-state index in [-0.39, 0.29) is 12.5 Å². The summed E-state index contributed by atoms with van der Waals surface area (Å²) >= 11 is 12.8. The lowest BCUT2D eigenvalue weighted by atomic mass is 10.2. The fourth-order valence-electron chi connectivity index (χ4n) is 2.29. The number of carbonyl (C=O) groups is 1. The van der Waals surface area contributed by atoms with Crippen LogP contribution >= 0.6 is 43.5 Å². The van der Waals surface area contributed by atoms with Crippen molar-refractivity contribution in [3.63, 3.8) is 0 Å². The third-order valence-electron chi connectivity index (χ3n) is 3.45. The Hall–Kier alpha value is -1.83. The topological polar surface area (TPSA) is 69.3 Å². The fraction of sp³-hybridized carbons (Fsp3) is 0.0588. The number of anilines is 1. The van der Waals surface area contributed by atoms with Gasteiger partial charge in [-0.3, -0.25) is 4.79 Å². The number of benzene rings is 2. The summed E-state index contributed by atoms with van der Waals surface area (Å²) in [5, 5.41) is 8.69. The van der Waals surface area contributed by atoms with E-state index in [2.05, 4.69) is 52.7 Å². The maximum atomic E-state index is 11.9. The van der Waals surface area contributed by atoms with Crippen LogP contribution in [-0.2, 0) is 4.79 Å². The first-order valence-corrected chi connectivity index (χ1v) is 9.27. The number of hydrogen-bond donors (Lipinski definition) is 3. The monoisotopic (exact) mass is 482 g/mol. The van der Waals surface area contributed by atoms with Gasteiger partial charge in [-0.2, -0.15) is 5.10 Å². The number of aromatic nitrogens is 1. The Kier molecular flexibility index (Phi) is 5.78. The quantitative estimate of drug-likeness (QED) is 0.356. The Morgan fingerprint density at radius 2 is 1.96 bits per heavy atom. The first kappa shape index (κ1) is 18.0. The molecule has 128 valence electrons. The lowest BCUT2D eigenvalue weighted by molar-refractivity contribution is -0.119. The zero-order valence-corrected chi connectivity index (χ0v) is 16.7. The van der Waals surface area contributed by atoms with Crippen LogP contribution in [0.2, 0.25) is 5.02 Å². The van der Waals surface area contributed by atoms with Crippen molar-refractivity contribution in [1.29, 1.82) is 0 Å². The first-order valence-electron chi connectivity index (χ1n) is 7.31. The predicted octanol–water partition coefficient (Wildman–Crippen LogP) is 4.91. The number of fused-ring (bicyclic) bond motifs is 1. The van der Waals surface area contributed by atoms with Crippen molar-refractivity contribution in [3.05, 3.63) is 62.1 Å². The van der Waals surface area contributed by atoms with Gasteiger partial charge in [0.25, 0.3) is 5.91 Å². The highest BCUT2D eigenvalue weighted by atomic mass is 79.9. The van der Waals surface area contributed by atoms with Crippen LogP contribution < -0.4 is 10.7 Å². The van der Waals surface area contributed by atoms with Gasteiger partial charge in [-0.15, -0.1) is 0 Å². The molecule has 3 rings (SSSR count). The molecule has 3 aromatic rings. The van der Waals surface area contributed by atoms with Crippen LogP contribution in [0.5, 0.6) is 0 Å². The van der Waals surface area contributed by atoms with Crippen LogP contribution in [0.1, 0.15) is 5.56 Å². The molecule has 3 N–H and O–H groups in total. The smallest absolute Gasteiger partial charge is 0.259 e. The molecule has 5 nitrogen and oxygen atoms in total. The number of rotatable bonds is 5. The molecule has 0 spiro atoms. The maximum Gasteiger partial charge on any atom is 0.259 e. The molecule has 0 aliphatic carbocycles. The molecule has 8 heteroatoms. The van der Waals surface area contributed by atoms with Crippen molar-refractivity contribution >= 4 is 72.2 Å². The third kappa shape index (κ3) is 4.42. The Labute approximate surface area is 166 Å². The van der Waals surface area contributed by atoms with Crippen LogP contribution in [0.3, 0.4) is 0 Å². The van der Waals surface area contributed by atoms with Crippen molar-refractivity contribution < 1.29 is 4.79 Å². The highest BCUT2D eigenvalue weighted by Crippen LogP contribution is 2.33. The van der Waals surface area contributed by atoms with E-state index >= 15 is 0 Å². The highest BCUT2D eigenvalue weighted by molar-refractivity contribution is 9.11. The van der Waals surface area contributed by atoms with Gasteiger partial charge in [-0.25, -0.2) is 5.43 Å². The molecule has 0 saturated heterocycles. The fourth-order valence-corrected chi connectivity index (χ4v) is 4.24. The van der Waals surface area contributed by atoms with Crippen LogP contribution in [-0.4, -0.2) is 23.7 Å². The van der Waals surface area contributed by atoms with Crippen molar-refractivity contribution in [3.8, 4) is 0 Å². The van der Waals surface area contributed by atoms with Gasteiger partial charge < -0.3 is 10.3 Å². The molecule has 0 atom stereocenters. The van der Waals surface area contributed by atoms with Gasteiger partial charge in [0, 0.05) is 36.6 Å². The molecule has 0 fully saturated rings. The van der Waals surface area contributed by atoms with E-state index in [0.29, 0.717) is 5.02 Å². The minimum Gasteiger partial charge on any atom is -0.374 e. The number of hydrazone groups is 1. The molecule has 0 unspecified atom stereocenters. The highest BCUT2D eigenvalue weighted by Gasteiger charge is 2.08. The largest absolute Gasteiger partial charge is 0.374 e. The molecular formula is C17H13Br2ClN4O. The summed E-state index contributed by atoms with van der Waals surface area (Å²) in [6.45, 7) is 0.0735. The van der Waals surface area contributed by atoms with E-state index in [4.69, 9.17) is 11.6 Å². The number of amides is 1.